The summed E-state index contributed by atoms with van der Waals surface area (Å²) < 4.78 is 24.9. The molecule has 1 radical (unpaired) electrons. The molecule has 0 unspecified atom stereocenters. The van der Waals surface area contributed by atoms with Crippen LogP contribution in [-0.2, 0) is 0 Å². The number of hydrogen-bond acceptors (Lipinski definition) is 0. The van der Waals surface area contributed by atoms with Crippen molar-refractivity contribution in [2.75, 3.05) is 0 Å². The summed E-state index contributed by atoms with van der Waals surface area (Å²) in [5, 5.41) is -1.17. The van der Waals surface area contributed by atoms with E-state index in [1.807, 2.05) is 0 Å². The fourth-order valence-corrected chi connectivity index (χ4v) is 0.993. The lowest BCUT2D eigenvalue weighted by atomic mass is 10.3. The van der Waals surface area contributed by atoms with Crippen molar-refractivity contribution in [1.29, 1.82) is 0 Å². The molecule has 0 aromatic heterocycles. The number of rotatable bonds is 0. The quantitative estimate of drug-likeness (QED) is 0.458. The molecule has 5 heteroatoms. The molecule has 0 bridgehead atoms. The molecule has 11 heavy (non-hydrogen) atoms. The maximum Gasteiger partial charge on any atom is 0.154 e. The van der Waals surface area contributed by atoms with Crippen LogP contribution >= 0.6 is 34.8 Å². The molecule has 1 aromatic carbocycles. The van der Waals surface area contributed by atoms with E-state index in [4.69, 9.17) is 34.8 Å². The molecule has 0 atom stereocenters. The van der Waals surface area contributed by atoms with Gasteiger partial charge in [-0.3, -0.25) is 0 Å². The molecule has 0 saturated carbocycles. The van der Waals surface area contributed by atoms with Crippen molar-refractivity contribution in [3.63, 3.8) is 0 Å². The fraction of sp³-hybridized carbons (Fsp3) is 0. The summed E-state index contributed by atoms with van der Waals surface area (Å²) >= 11 is 15.9. The maximum absolute atomic E-state index is 12.4. The molecule has 1 rings (SSSR count). The minimum Gasteiger partial charge on any atom is -0.204 e. The van der Waals surface area contributed by atoms with Crippen LogP contribution in [0.25, 0.3) is 0 Å². The average molecular weight is 216 g/mol. The zero-order chi connectivity index (χ0) is 8.59. The molecular formula is C6Cl3F2. The molecule has 0 aliphatic heterocycles. The van der Waals surface area contributed by atoms with Gasteiger partial charge < -0.3 is 0 Å². The first kappa shape index (κ1) is 9.04. The third-order valence-electron chi connectivity index (χ3n) is 0.990. The first-order chi connectivity index (χ1) is 5.04. The second-order valence-corrected chi connectivity index (χ2v) is 2.83. The van der Waals surface area contributed by atoms with Crippen LogP contribution in [0.15, 0.2) is 0 Å². The minimum atomic E-state index is -1.04. The second kappa shape index (κ2) is 3.13. The molecular weight excluding hydrogens is 216 g/mol. The highest BCUT2D eigenvalue weighted by Gasteiger charge is 2.13. The van der Waals surface area contributed by atoms with Gasteiger partial charge in [-0.25, -0.2) is 8.78 Å². The van der Waals surface area contributed by atoms with E-state index in [2.05, 4.69) is 0 Å². The lowest BCUT2D eigenvalue weighted by Gasteiger charge is -1.99. The van der Waals surface area contributed by atoms with Gasteiger partial charge in [0.1, 0.15) is 0 Å². The van der Waals surface area contributed by atoms with Gasteiger partial charge in [0.05, 0.1) is 21.1 Å². The van der Waals surface area contributed by atoms with Crippen LogP contribution in [0.2, 0.25) is 15.1 Å². The van der Waals surface area contributed by atoms with Gasteiger partial charge in [-0.2, -0.15) is 0 Å². The van der Waals surface area contributed by atoms with Gasteiger partial charge in [0.25, 0.3) is 0 Å². The molecule has 0 amide bonds. The third kappa shape index (κ3) is 1.58. The van der Waals surface area contributed by atoms with Crippen molar-refractivity contribution in [2.45, 2.75) is 0 Å². The lowest BCUT2D eigenvalue weighted by molar-refractivity contribution is 0.580. The lowest BCUT2D eigenvalue weighted by Crippen LogP contribution is -1.85. The summed E-state index contributed by atoms with van der Waals surface area (Å²) in [4.78, 5) is 0. The molecule has 0 aliphatic carbocycles. The van der Waals surface area contributed by atoms with E-state index in [0.29, 0.717) is 0 Å². The Morgan fingerprint density at radius 2 is 1.18 bits per heavy atom. The van der Waals surface area contributed by atoms with Gasteiger partial charge in [0.15, 0.2) is 11.6 Å². The molecule has 0 saturated heterocycles. The smallest absolute Gasteiger partial charge is 0.154 e. The molecule has 0 aliphatic rings. The van der Waals surface area contributed by atoms with Crippen LogP contribution in [0.5, 0.6) is 0 Å². The Hall–Kier alpha value is -0.0500. The largest absolute Gasteiger partial charge is 0.204 e. The Kier molecular flexibility index (Phi) is 2.58. The highest BCUT2D eigenvalue weighted by molar-refractivity contribution is 6.48. The van der Waals surface area contributed by atoms with Crippen molar-refractivity contribution in [2.24, 2.45) is 0 Å². The highest BCUT2D eigenvalue weighted by atomic mass is 35.5. The average Bonchev–Trinajstić information content (AvgIpc) is 1.97. The Morgan fingerprint density at radius 3 is 1.55 bits per heavy atom. The topological polar surface area (TPSA) is 0 Å². The predicted octanol–water partition coefficient (Wildman–Crippen LogP) is 3.73. The van der Waals surface area contributed by atoms with Crippen molar-refractivity contribution >= 4 is 34.8 Å². The number of benzene rings is 1. The van der Waals surface area contributed by atoms with Crippen molar-refractivity contribution < 1.29 is 8.78 Å². The zero-order valence-corrected chi connectivity index (χ0v) is 7.16. The Morgan fingerprint density at radius 1 is 0.818 bits per heavy atom. The first-order valence-electron chi connectivity index (χ1n) is 2.44. The zero-order valence-electron chi connectivity index (χ0n) is 4.89. The first-order valence-corrected chi connectivity index (χ1v) is 3.58. The van der Waals surface area contributed by atoms with E-state index >= 15 is 0 Å². The molecule has 0 heterocycles. The second-order valence-electron chi connectivity index (χ2n) is 1.69. The predicted molar refractivity (Wildman–Crippen MR) is 40.2 cm³/mol. The van der Waals surface area contributed by atoms with E-state index < -0.39 is 21.7 Å². The van der Waals surface area contributed by atoms with E-state index in [-0.39, 0.29) is 5.02 Å². The van der Waals surface area contributed by atoms with Gasteiger partial charge >= 0.3 is 0 Å². The van der Waals surface area contributed by atoms with Crippen molar-refractivity contribution in [3.8, 4) is 0 Å². The van der Waals surface area contributed by atoms with Crippen LogP contribution < -0.4 is 0 Å². The normalized spacial score (nSPS) is 10.3. The van der Waals surface area contributed by atoms with Crippen LogP contribution in [0.3, 0.4) is 0 Å². The molecule has 0 fully saturated rings. The molecule has 1 aromatic rings. The Labute approximate surface area is 76.7 Å². The van der Waals surface area contributed by atoms with Crippen LogP contribution in [0.1, 0.15) is 0 Å². The van der Waals surface area contributed by atoms with E-state index in [9.17, 15) is 8.78 Å². The van der Waals surface area contributed by atoms with Gasteiger partial charge in [-0.1, -0.05) is 34.8 Å². The van der Waals surface area contributed by atoms with Crippen molar-refractivity contribution in [3.05, 3.63) is 32.8 Å². The van der Waals surface area contributed by atoms with Crippen LogP contribution in [-0.4, -0.2) is 0 Å². The summed E-state index contributed by atoms with van der Waals surface area (Å²) in [6.45, 7) is 0. The number of hydrogen-bond donors (Lipinski definition) is 0. The standard InChI is InChI=1S/C6Cl3F2/c7-4-2(10)1-3(11)5(8)6(4)9. The molecule has 59 valence electrons. The fourth-order valence-electron chi connectivity index (χ4n) is 0.495. The summed E-state index contributed by atoms with van der Waals surface area (Å²) in [5.41, 5.74) is 0. The summed E-state index contributed by atoms with van der Waals surface area (Å²) in [6.07, 6.45) is 0. The van der Waals surface area contributed by atoms with Crippen LogP contribution in [0.4, 0.5) is 8.78 Å². The third-order valence-corrected chi connectivity index (χ3v) is 2.27. The minimum absolute atomic E-state index is 0.331. The summed E-state index contributed by atoms with van der Waals surface area (Å²) in [7, 11) is 0. The highest BCUT2D eigenvalue weighted by Crippen LogP contribution is 2.33. The van der Waals surface area contributed by atoms with Gasteiger partial charge in [0, 0.05) is 0 Å². The summed E-state index contributed by atoms with van der Waals surface area (Å²) in [5.74, 6) is -2.09. The summed E-state index contributed by atoms with van der Waals surface area (Å²) in [6, 6.07) is 1.67. The molecule has 0 N–H and O–H groups in total. The van der Waals surface area contributed by atoms with E-state index in [1.165, 1.54) is 0 Å². The van der Waals surface area contributed by atoms with E-state index in [0.717, 1.165) is 0 Å². The van der Waals surface area contributed by atoms with Gasteiger partial charge in [0.2, 0.25) is 0 Å². The monoisotopic (exact) mass is 215 g/mol. The number of halogens is 5. The maximum atomic E-state index is 12.4. The Balaban J connectivity index is 3.46. The SMILES string of the molecule is Fc1[c]c(F)c(Cl)c(Cl)c1Cl. The van der Waals surface area contributed by atoms with Gasteiger partial charge in [-0.05, 0) is 0 Å². The molecule has 0 spiro atoms. The van der Waals surface area contributed by atoms with Crippen molar-refractivity contribution in [1.82, 2.24) is 0 Å². The van der Waals surface area contributed by atoms with Crippen LogP contribution in [0, 0.1) is 17.7 Å². The Bertz CT molecular complexity index is 272. The van der Waals surface area contributed by atoms with Gasteiger partial charge in [-0.15, -0.1) is 0 Å². The molecule has 0 nitrogen and oxygen atoms in total. The van der Waals surface area contributed by atoms with E-state index in [1.54, 1.807) is 6.07 Å².